The van der Waals surface area contributed by atoms with Gasteiger partial charge in [0.1, 0.15) is 5.15 Å². The average molecular weight is 188 g/mol. The predicted octanol–water partition coefficient (Wildman–Crippen LogP) is 0.339. The van der Waals surface area contributed by atoms with Crippen LogP contribution >= 0.6 is 11.6 Å². The van der Waals surface area contributed by atoms with Crippen LogP contribution in [0.3, 0.4) is 0 Å². The Kier molecular flexibility index (Phi) is 2.44. The Hall–Kier alpha value is -1.36. The van der Waals surface area contributed by atoms with Gasteiger partial charge in [0.2, 0.25) is 5.95 Å². The van der Waals surface area contributed by atoms with Crippen molar-refractivity contribution >= 4 is 23.5 Å². The van der Waals surface area contributed by atoms with E-state index in [0.717, 1.165) is 0 Å². The number of nitrogens with zero attached hydrogens (tertiary/aromatic N) is 2. The maximum absolute atomic E-state index is 10.2. The van der Waals surface area contributed by atoms with Crippen molar-refractivity contribution in [2.24, 2.45) is 0 Å². The van der Waals surface area contributed by atoms with Crippen LogP contribution in [-0.4, -0.2) is 21.0 Å². The summed E-state index contributed by atoms with van der Waals surface area (Å²) < 4.78 is 0. The summed E-state index contributed by atoms with van der Waals surface area (Å²) in [7, 11) is 0. The highest BCUT2D eigenvalue weighted by Gasteiger charge is 2.04. The van der Waals surface area contributed by atoms with E-state index in [2.05, 4.69) is 9.97 Å². The molecule has 0 bridgehead atoms. The topological polar surface area (TPSA) is 89.1 Å². The number of carboxylic acid groups (broad SMARTS) is 1. The van der Waals surface area contributed by atoms with E-state index >= 15 is 0 Å². The zero-order valence-corrected chi connectivity index (χ0v) is 6.75. The van der Waals surface area contributed by atoms with Gasteiger partial charge < -0.3 is 10.8 Å². The van der Waals surface area contributed by atoms with Crippen LogP contribution in [-0.2, 0) is 11.2 Å². The molecule has 0 aromatic carbocycles. The van der Waals surface area contributed by atoms with E-state index in [0.29, 0.717) is 5.69 Å². The van der Waals surface area contributed by atoms with Crippen LogP contribution in [0.15, 0.2) is 6.07 Å². The lowest BCUT2D eigenvalue weighted by atomic mass is 10.3. The lowest BCUT2D eigenvalue weighted by Gasteiger charge is -1.97. The Labute approximate surface area is 73.2 Å². The number of rotatable bonds is 2. The molecular weight excluding hydrogens is 182 g/mol. The number of carboxylic acids is 1. The van der Waals surface area contributed by atoms with Crippen molar-refractivity contribution in [3.05, 3.63) is 16.9 Å². The number of hydrogen-bond donors (Lipinski definition) is 2. The number of hydrogen-bond acceptors (Lipinski definition) is 4. The first kappa shape index (κ1) is 8.73. The number of aromatic nitrogens is 2. The summed E-state index contributed by atoms with van der Waals surface area (Å²) in [6.45, 7) is 0. The third kappa shape index (κ3) is 2.35. The van der Waals surface area contributed by atoms with E-state index in [-0.39, 0.29) is 17.5 Å². The molecule has 6 heteroatoms. The molecule has 3 N–H and O–H groups in total. The lowest BCUT2D eigenvalue weighted by Crippen LogP contribution is -2.05. The summed E-state index contributed by atoms with van der Waals surface area (Å²) >= 11 is 5.51. The average Bonchev–Trinajstić information content (AvgIpc) is 1.81. The van der Waals surface area contributed by atoms with Crippen molar-refractivity contribution in [1.29, 1.82) is 0 Å². The first-order valence-corrected chi connectivity index (χ1v) is 3.46. The van der Waals surface area contributed by atoms with Gasteiger partial charge in [0.25, 0.3) is 0 Å². The lowest BCUT2D eigenvalue weighted by molar-refractivity contribution is -0.136. The van der Waals surface area contributed by atoms with E-state index in [1.54, 1.807) is 0 Å². The molecular formula is C6H6ClN3O2. The van der Waals surface area contributed by atoms with Gasteiger partial charge in [-0.25, -0.2) is 9.97 Å². The van der Waals surface area contributed by atoms with Crippen molar-refractivity contribution in [2.75, 3.05) is 5.73 Å². The third-order valence-corrected chi connectivity index (χ3v) is 1.29. The third-order valence-electron chi connectivity index (χ3n) is 1.10. The molecule has 1 heterocycles. The first-order valence-electron chi connectivity index (χ1n) is 3.08. The standard InChI is InChI=1S/C6H6ClN3O2/c7-4-1-3(2-5(11)12)9-6(8)10-4/h1H,2H2,(H,11,12)(H2,8,9,10). The Bertz CT molecular complexity index is 295. The normalized spacial score (nSPS) is 9.75. The Morgan fingerprint density at radius 1 is 1.67 bits per heavy atom. The second-order valence-electron chi connectivity index (χ2n) is 2.11. The van der Waals surface area contributed by atoms with Crippen LogP contribution < -0.4 is 5.73 Å². The Morgan fingerprint density at radius 2 is 2.33 bits per heavy atom. The van der Waals surface area contributed by atoms with Gasteiger partial charge in [0.15, 0.2) is 0 Å². The highest BCUT2D eigenvalue weighted by Crippen LogP contribution is 2.08. The minimum atomic E-state index is -0.982. The van der Waals surface area contributed by atoms with Crippen molar-refractivity contribution in [3.63, 3.8) is 0 Å². The highest BCUT2D eigenvalue weighted by atomic mass is 35.5. The summed E-state index contributed by atoms with van der Waals surface area (Å²) in [5.41, 5.74) is 5.54. The fourth-order valence-corrected chi connectivity index (χ4v) is 0.942. The summed E-state index contributed by atoms with van der Waals surface area (Å²) in [6, 6.07) is 1.37. The zero-order valence-electron chi connectivity index (χ0n) is 5.99. The van der Waals surface area contributed by atoms with Gasteiger partial charge in [-0.2, -0.15) is 0 Å². The van der Waals surface area contributed by atoms with Crippen LogP contribution in [0.25, 0.3) is 0 Å². The molecule has 0 spiro atoms. The Balaban J connectivity index is 2.93. The largest absolute Gasteiger partial charge is 0.481 e. The SMILES string of the molecule is Nc1nc(Cl)cc(CC(=O)O)n1. The van der Waals surface area contributed by atoms with Gasteiger partial charge in [-0.15, -0.1) is 0 Å². The zero-order chi connectivity index (χ0) is 9.14. The smallest absolute Gasteiger partial charge is 0.309 e. The summed E-state index contributed by atoms with van der Waals surface area (Å²) in [5.74, 6) is -0.997. The van der Waals surface area contributed by atoms with Crippen LogP contribution in [0, 0.1) is 0 Å². The molecule has 0 saturated carbocycles. The Morgan fingerprint density at radius 3 is 2.83 bits per heavy atom. The fraction of sp³-hybridized carbons (Fsp3) is 0.167. The van der Waals surface area contributed by atoms with Crippen LogP contribution in [0.5, 0.6) is 0 Å². The summed E-state index contributed by atoms with van der Waals surface area (Å²) in [6.07, 6.45) is -0.202. The molecule has 0 atom stereocenters. The molecule has 5 nitrogen and oxygen atoms in total. The van der Waals surface area contributed by atoms with E-state index in [4.69, 9.17) is 22.4 Å². The van der Waals surface area contributed by atoms with Gasteiger partial charge in [0, 0.05) is 0 Å². The second kappa shape index (κ2) is 3.36. The maximum atomic E-state index is 10.2. The second-order valence-corrected chi connectivity index (χ2v) is 2.50. The van der Waals surface area contributed by atoms with Crippen LogP contribution in [0.1, 0.15) is 5.69 Å². The van der Waals surface area contributed by atoms with Crippen molar-refractivity contribution < 1.29 is 9.90 Å². The van der Waals surface area contributed by atoms with Gasteiger partial charge >= 0.3 is 5.97 Å². The molecule has 1 rings (SSSR count). The first-order chi connectivity index (χ1) is 5.58. The van der Waals surface area contributed by atoms with E-state index in [9.17, 15) is 4.79 Å². The maximum Gasteiger partial charge on any atom is 0.309 e. The van der Waals surface area contributed by atoms with Crippen molar-refractivity contribution in [3.8, 4) is 0 Å². The predicted molar refractivity (Wildman–Crippen MR) is 42.8 cm³/mol. The molecule has 0 unspecified atom stereocenters. The molecule has 1 aromatic heterocycles. The monoisotopic (exact) mass is 187 g/mol. The quantitative estimate of drug-likeness (QED) is 0.652. The fourth-order valence-electron chi connectivity index (χ4n) is 0.729. The number of halogens is 1. The number of nitrogen functional groups attached to an aromatic ring is 1. The minimum Gasteiger partial charge on any atom is -0.481 e. The molecule has 0 radical (unpaired) electrons. The van der Waals surface area contributed by atoms with E-state index < -0.39 is 5.97 Å². The molecule has 0 aliphatic heterocycles. The van der Waals surface area contributed by atoms with Gasteiger partial charge in [-0.3, -0.25) is 4.79 Å². The number of anilines is 1. The molecule has 0 aliphatic rings. The van der Waals surface area contributed by atoms with Gasteiger partial charge in [-0.05, 0) is 6.07 Å². The molecule has 0 aliphatic carbocycles. The van der Waals surface area contributed by atoms with Crippen LogP contribution in [0.4, 0.5) is 5.95 Å². The summed E-state index contributed by atoms with van der Waals surface area (Å²) in [5, 5.41) is 8.56. The molecule has 1 aromatic rings. The van der Waals surface area contributed by atoms with Crippen LogP contribution in [0.2, 0.25) is 5.15 Å². The number of carbonyl (C=O) groups is 1. The number of nitrogens with two attached hydrogens (primary N) is 1. The molecule has 64 valence electrons. The molecule has 0 saturated heterocycles. The molecule has 0 fully saturated rings. The van der Waals surface area contributed by atoms with Crippen molar-refractivity contribution in [1.82, 2.24) is 9.97 Å². The van der Waals surface area contributed by atoms with Gasteiger partial charge in [-0.1, -0.05) is 11.6 Å². The molecule has 0 amide bonds. The minimum absolute atomic E-state index is 0.0150. The summed E-state index contributed by atoms with van der Waals surface area (Å²) in [4.78, 5) is 17.5. The van der Waals surface area contributed by atoms with Crippen molar-refractivity contribution in [2.45, 2.75) is 6.42 Å². The van der Waals surface area contributed by atoms with Gasteiger partial charge in [0.05, 0.1) is 12.1 Å². The number of aliphatic carboxylic acids is 1. The molecule has 12 heavy (non-hydrogen) atoms. The highest BCUT2D eigenvalue weighted by molar-refractivity contribution is 6.29. The van der Waals surface area contributed by atoms with E-state index in [1.165, 1.54) is 6.07 Å². The van der Waals surface area contributed by atoms with E-state index in [1.807, 2.05) is 0 Å².